The van der Waals surface area contributed by atoms with Gasteiger partial charge in [-0.1, -0.05) is 0 Å². The molecule has 0 spiro atoms. The maximum atomic E-state index is 10.3. The van der Waals surface area contributed by atoms with Crippen LogP contribution >= 0.6 is 0 Å². The molecule has 0 saturated carbocycles. The first-order chi connectivity index (χ1) is 5.87. The SMILES string of the molecule is Nc1nc(N)nc(NS(=O)(=O)O)n1.[H-].[Na+]. The summed E-state index contributed by atoms with van der Waals surface area (Å²) in [4.78, 5) is 10.1. The average molecular weight is 230 g/mol. The van der Waals surface area contributed by atoms with Crippen LogP contribution in [0.25, 0.3) is 0 Å². The van der Waals surface area contributed by atoms with Gasteiger partial charge in [0, 0.05) is 0 Å². The van der Waals surface area contributed by atoms with Crippen LogP contribution in [0, 0.1) is 0 Å². The Hall–Kier alpha value is -0.680. The Bertz CT molecular complexity index is 405. The molecule has 1 aromatic rings. The summed E-state index contributed by atoms with van der Waals surface area (Å²) in [5.41, 5.74) is 10.2. The molecule has 0 aliphatic carbocycles. The number of hydrogen-bond donors (Lipinski definition) is 4. The fraction of sp³-hybridized carbons (Fsp3) is 0. The van der Waals surface area contributed by atoms with Crippen LogP contribution in [0.3, 0.4) is 0 Å². The Balaban J connectivity index is 0. The molecule has 74 valence electrons. The molecule has 0 unspecified atom stereocenters. The molecule has 11 heteroatoms. The largest absolute Gasteiger partial charge is 1.00 e. The monoisotopic (exact) mass is 230 g/mol. The van der Waals surface area contributed by atoms with E-state index in [2.05, 4.69) is 15.0 Å². The zero-order valence-electron chi connectivity index (χ0n) is 8.17. The van der Waals surface area contributed by atoms with E-state index < -0.39 is 16.3 Å². The maximum absolute atomic E-state index is 10.3. The molecule has 14 heavy (non-hydrogen) atoms. The molecule has 1 heterocycles. The predicted molar refractivity (Wildman–Crippen MR) is 44.9 cm³/mol. The minimum Gasteiger partial charge on any atom is -1.00 e. The van der Waals surface area contributed by atoms with E-state index in [4.69, 9.17) is 16.0 Å². The van der Waals surface area contributed by atoms with Crippen LogP contribution in [0.5, 0.6) is 0 Å². The summed E-state index contributed by atoms with van der Waals surface area (Å²) >= 11 is 0. The molecule has 0 aromatic carbocycles. The molecule has 1 rings (SSSR count). The Kier molecular flexibility index (Phi) is 4.48. The van der Waals surface area contributed by atoms with E-state index in [1.807, 2.05) is 0 Å². The predicted octanol–water partition coefficient (Wildman–Crippen LogP) is -4.63. The van der Waals surface area contributed by atoms with Crippen molar-refractivity contribution in [2.45, 2.75) is 0 Å². The van der Waals surface area contributed by atoms with E-state index in [0.29, 0.717) is 0 Å². The van der Waals surface area contributed by atoms with Gasteiger partial charge < -0.3 is 12.9 Å². The fourth-order valence-electron chi connectivity index (χ4n) is 0.570. The Labute approximate surface area is 103 Å². The molecule has 6 N–H and O–H groups in total. The van der Waals surface area contributed by atoms with Crippen molar-refractivity contribution in [3.8, 4) is 0 Å². The molecule has 9 nitrogen and oxygen atoms in total. The first-order valence-electron chi connectivity index (χ1n) is 2.89. The van der Waals surface area contributed by atoms with Gasteiger partial charge in [0.05, 0.1) is 0 Å². The number of rotatable bonds is 2. The van der Waals surface area contributed by atoms with Crippen molar-refractivity contribution in [2.24, 2.45) is 0 Å². The van der Waals surface area contributed by atoms with Gasteiger partial charge in [-0.05, 0) is 0 Å². The second-order valence-electron chi connectivity index (χ2n) is 1.95. The molecule has 0 saturated heterocycles. The van der Waals surface area contributed by atoms with Gasteiger partial charge in [0.1, 0.15) is 0 Å². The van der Waals surface area contributed by atoms with E-state index in [0.717, 1.165) is 0 Å². The van der Waals surface area contributed by atoms with Gasteiger partial charge in [0.15, 0.2) is 0 Å². The Morgan fingerprint density at radius 1 is 1.21 bits per heavy atom. The van der Waals surface area contributed by atoms with Crippen molar-refractivity contribution in [1.29, 1.82) is 0 Å². The topological polar surface area (TPSA) is 157 Å². The fourth-order valence-corrected chi connectivity index (χ4v) is 0.892. The molecule has 0 fully saturated rings. The first kappa shape index (κ1) is 13.3. The third-order valence-corrected chi connectivity index (χ3v) is 1.33. The Morgan fingerprint density at radius 3 is 2.00 bits per heavy atom. The zero-order valence-corrected chi connectivity index (χ0v) is 9.98. The first-order valence-corrected chi connectivity index (χ1v) is 4.33. The van der Waals surface area contributed by atoms with Crippen LogP contribution in [0.4, 0.5) is 17.8 Å². The number of nitrogens with one attached hydrogen (secondary N) is 1. The molecule has 0 radical (unpaired) electrons. The standard InChI is InChI=1S/C3H6N6O3S.Na.H/c4-1-6-2(5)8-3(7-1)9-13(10,11)12;;/h(H,10,11,12)(H5,4,5,6,7,8,9);;/q;+1;-1. The van der Waals surface area contributed by atoms with Crippen molar-refractivity contribution in [2.75, 3.05) is 16.2 Å². The minimum atomic E-state index is -4.42. The number of nitrogens with zero attached hydrogens (tertiary/aromatic N) is 3. The van der Waals surface area contributed by atoms with Crippen LogP contribution in [-0.4, -0.2) is 27.9 Å². The molecule has 0 aliphatic rings. The summed E-state index contributed by atoms with van der Waals surface area (Å²) in [5, 5.41) is 0. The third kappa shape index (κ3) is 4.53. The van der Waals surface area contributed by atoms with Gasteiger partial charge >= 0.3 is 39.9 Å². The van der Waals surface area contributed by atoms with Gasteiger partial charge in [0.2, 0.25) is 17.8 Å². The molecular formula is C3H7N6NaO3S. The number of anilines is 3. The summed E-state index contributed by atoms with van der Waals surface area (Å²) in [6.45, 7) is 0. The number of nitrogens with two attached hydrogens (primary N) is 2. The zero-order chi connectivity index (χ0) is 10.1. The van der Waals surface area contributed by atoms with Crippen LogP contribution < -0.4 is 45.7 Å². The van der Waals surface area contributed by atoms with E-state index in [9.17, 15) is 8.42 Å². The summed E-state index contributed by atoms with van der Waals surface area (Å²) in [6, 6.07) is 0. The van der Waals surface area contributed by atoms with Crippen molar-refractivity contribution in [3.63, 3.8) is 0 Å². The average Bonchev–Trinajstić information content (AvgIpc) is 1.78. The maximum Gasteiger partial charge on any atom is 1.00 e. The normalized spacial score (nSPS) is 10.4. The third-order valence-electron chi connectivity index (χ3n) is 0.890. The molecule has 1 aromatic heterocycles. The van der Waals surface area contributed by atoms with Crippen molar-refractivity contribution < 1.29 is 44.0 Å². The van der Waals surface area contributed by atoms with Crippen molar-refractivity contribution in [3.05, 3.63) is 0 Å². The second kappa shape index (κ2) is 4.70. The van der Waals surface area contributed by atoms with Gasteiger partial charge in [0.25, 0.3) is 0 Å². The number of hydrogen-bond acceptors (Lipinski definition) is 7. The smallest absolute Gasteiger partial charge is 1.00 e. The van der Waals surface area contributed by atoms with Crippen LogP contribution in [0.15, 0.2) is 0 Å². The van der Waals surface area contributed by atoms with E-state index in [1.54, 1.807) is 4.72 Å². The number of aromatic nitrogens is 3. The number of nitrogen functional groups attached to an aromatic ring is 2. The molecule has 0 bridgehead atoms. The van der Waals surface area contributed by atoms with Gasteiger partial charge in [-0.3, -0.25) is 4.55 Å². The molecular weight excluding hydrogens is 223 g/mol. The van der Waals surface area contributed by atoms with E-state index >= 15 is 0 Å². The van der Waals surface area contributed by atoms with Crippen LogP contribution in [0.1, 0.15) is 1.43 Å². The second-order valence-corrected chi connectivity index (χ2v) is 3.11. The van der Waals surface area contributed by atoms with E-state index in [-0.39, 0.29) is 42.9 Å². The van der Waals surface area contributed by atoms with Gasteiger partial charge in [-0.25, -0.2) is 4.72 Å². The van der Waals surface area contributed by atoms with Crippen molar-refractivity contribution >= 4 is 28.1 Å². The van der Waals surface area contributed by atoms with Gasteiger partial charge in [-0.2, -0.15) is 23.4 Å². The molecule has 0 atom stereocenters. The van der Waals surface area contributed by atoms with Crippen molar-refractivity contribution in [1.82, 2.24) is 15.0 Å². The Morgan fingerprint density at radius 2 is 1.64 bits per heavy atom. The van der Waals surface area contributed by atoms with E-state index in [1.165, 1.54) is 0 Å². The summed E-state index contributed by atoms with van der Waals surface area (Å²) in [7, 11) is -4.42. The van der Waals surface area contributed by atoms with Crippen LogP contribution in [0.2, 0.25) is 0 Å². The summed E-state index contributed by atoms with van der Waals surface area (Å²) in [5.74, 6) is -0.940. The van der Waals surface area contributed by atoms with Crippen LogP contribution in [-0.2, 0) is 10.3 Å². The molecule has 0 amide bonds. The minimum absolute atomic E-state index is 0. The molecule has 0 aliphatic heterocycles. The quantitative estimate of drug-likeness (QED) is 0.292. The summed E-state index contributed by atoms with van der Waals surface area (Å²) in [6.07, 6.45) is 0. The van der Waals surface area contributed by atoms with Gasteiger partial charge in [-0.15, -0.1) is 0 Å². The summed E-state index contributed by atoms with van der Waals surface area (Å²) < 4.78 is 30.5.